The van der Waals surface area contributed by atoms with Crippen molar-refractivity contribution in [3.8, 4) is 5.75 Å². The van der Waals surface area contributed by atoms with Crippen molar-refractivity contribution in [3.63, 3.8) is 0 Å². The van der Waals surface area contributed by atoms with Gasteiger partial charge in [-0.15, -0.1) is 0 Å². The van der Waals surface area contributed by atoms with Crippen LogP contribution >= 0.6 is 0 Å². The van der Waals surface area contributed by atoms with E-state index in [1.807, 2.05) is 13.8 Å². The zero-order chi connectivity index (χ0) is 24.7. The summed E-state index contributed by atoms with van der Waals surface area (Å²) in [6.45, 7) is 3.85. The molecule has 1 aliphatic heterocycles. The van der Waals surface area contributed by atoms with Crippen molar-refractivity contribution in [2.45, 2.75) is 20.3 Å². The Hall–Kier alpha value is -3.94. The quantitative estimate of drug-likeness (QED) is 0.374. The van der Waals surface area contributed by atoms with E-state index in [4.69, 9.17) is 9.47 Å². The van der Waals surface area contributed by atoms with E-state index in [-0.39, 0.29) is 41.0 Å². The standard InChI is InChI=1S/C27H26N2O6/c1-3-34-21-7-5-4-6-20(21)28-22(30)14-35-27(33)16-8-10-18(11-9-16)29-25(31)23-17-12-15(2)19(13-17)24(23)26(29)32/h4-12,17,19,23-24H,3,13-14H2,1-2H3,(H,28,30)/t17-,19+,23-,24+/m0/s1. The summed E-state index contributed by atoms with van der Waals surface area (Å²) in [5.41, 5.74) is 2.34. The van der Waals surface area contributed by atoms with Crippen molar-refractivity contribution < 1.29 is 28.7 Å². The predicted octanol–water partition coefficient (Wildman–Crippen LogP) is 3.58. The minimum atomic E-state index is -0.682. The van der Waals surface area contributed by atoms with E-state index in [0.717, 1.165) is 6.42 Å². The molecule has 4 atom stereocenters. The van der Waals surface area contributed by atoms with Gasteiger partial charge in [0.15, 0.2) is 6.61 Å². The fourth-order valence-corrected chi connectivity index (χ4v) is 5.53. The molecule has 8 nitrogen and oxygen atoms in total. The minimum absolute atomic E-state index is 0.132. The first-order valence-corrected chi connectivity index (χ1v) is 11.7. The number of ether oxygens (including phenoxy) is 2. The molecule has 1 saturated carbocycles. The third kappa shape index (κ3) is 3.99. The first-order chi connectivity index (χ1) is 16.9. The van der Waals surface area contributed by atoms with Crippen molar-refractivity contribution in [1.29, 1.82) is 0 Å². The van der Waals surface area contributed by atoms with Crippen LogP contribution in [0.2, 0.25) is 0 Å². The lowest BCUT2D eigenvalue weighted by atomic mass is 9.82. The Bertz CT molecular complexity index is 1230. The van der Waals surface area contributed by atoms with Gasteiger partial charge in [0.05, 0.1) is 35.4 Å². The summed E-state index contributed by atoms with van der Waals surface area (Å²) in [5, 5.41) is 2.67. The SMILES string of the molecule is CCOc1ccccc1NC(=O)COC(=O)c1ccc(N2C(=O)[C@@H]3[C@H](C2=O)[C@@H]2C[C@@H]3C=C2C)cc1. The zero-order valence-electron chi connectivity index (χ0n) is 19.5. The molecule has 3 aliphatic rings. The maximum atomic E-state index is 13.1. The van der Waals surface area contributed by atoms with Crippen LogP contribution in [0.4, 0.5) is 11.4 Å². The summed E-state index contributed by atoms with van der Waals surface area (Å²) >= 11 is 0. The Labute approximate surface area is 202 Å². The number of imide groups is 1. The van der Waals surface area contributed by atoms with Gasteiger partial charge in [-0.05, 0) is 68.5 Å². The van der Waals surface area contributed by atoms with Gasteiger partial charge in [-0.3, -0.25) is 19.3 Å². The van der Waals surface area contributed by atoms with Crippen LogP contribution in [0.25, 0.3) is 0 Å². The molecule has 180 valence electrons. The van der Waals surface area contributed by atoms with Crippen LogP contribution in [0.15, 0.2) is 60.2 Å². The van der Waals surface area contributed by atoms with Gasteiger partial charge in [-0.25, -0.2) is 4.79 Å². The average molecular weight is 475 g/mol. The van der Waals surface area contributed by atoms with Crippen molar-refractivity contribution >= 4 is 35.1 Å². The van der Waals surface area contributed by atoms with Crippen molar-refractivity contribution in [3.05, 3.63) is 65.7 Å². The highest BCUT2D eigenvalue weighted by atomic mass is 16.5. The molecular formula is C27H26N2O6. The fourth-order valence-electron chi connectivity index (χ4n) is 5.53. The van der Waals surface area contributed by atoms with Crippen LogP contribution in [0.1, 0.15) is 30.6 Å². The summed E-state index contributed by atoms with van der Waals surface area (Å²) in [6.07, 6.45) is 3.01. The first kappa shape index (κ1) is 22.8. The molecule has 0 unspecified atom stereocenters. The molecule has 35 heavy (non-hydrogen) atoms. The molecule has 1 saturated heterocycles. The first-order valence-electron chi connectivity index (χ1n) is 11.7. The number of nitrogens with zero attached hydrogens (tertiary/aromatic N) is 1. The number of esters is 1. The highest BCUT2D eigenvalue weighted by Gasteiger charge is 2.60. The lowest BCUT2D eigenvalue weighted by Gasteiger charge is -2.19. The number of anilines is 2. The van der Waals surface area contributed by atoms with Gasteiger partial charge in [0.25, 0.3) is 5.91 Å². The highest BCUT2D eigenvalue weighted by Crippen LogP contribution is 2.55. The second-order valence-corrected chi connectivity index (χ2v) is 9.08. The number of benzene rings is 2. The van der Waals surface area contributed by atoms with Crippen LogP contribution in [-0.2, 0) is 19.1 Å². The minimum Gasteiger partial charge on any atom is -0.492 e. The van der Waals surface area contributed by atoms with E-state index in [2.05, 4.69) is 11.4 Å². The maximum Gasteiger partial charge on any atom is 0.338 e. The number of rotatable bonds is 7. The molecular weight excluding hydrogens is 448 g/mol. The van der Waals surface area contributed by atoms with Gasteiger partial charge in [0.2, 0.25) is 11.8 Å². The summed E-state index contributed by atoms with van der Waals surface area (Å²) in [4.78, 5) is 52.1. The van der Waals surface area contributed by atoms with Crippen LogP contribution in [-0.4, -0.2) is 36.9 Å². The Morgan fingerprint density at radius 1 is 1.03 bits per heavy atom. The second kappa shape index (κ2) is 9.02. The molecule has 1 N–H and O–H groups in total. The summed E-state index contributed by atoms with van der Waals surface area (Å²) in [6, 6.07) is 13.1. The molecule has 0 aromatic heterocycles. The third-order valence-electron chi connectivity index (χ3n) is 7.04. The lowest BCUT2D eigenvalue weighted by Crippen LogP contribution is -2.33. The molecule has 1 heterocycles. The number of fused-ring (bicyclic) bond motifs is 5. The number of para-hydroxylation sites is 2. The number of carbonyl (C=O) groups is 4. The highest BCUT2D eigenvalue weighted by molar-refractivity contribution is 6.23. The van der Waals surface area contributed by atoms with Crippen molar-refractivity contribution in [2.24, 2.45) is 23.7 Å². The summed E-state index contributed by atoms with van der Waals surface area (Å²) < 4.78 is 10.6. The third-order valence-corrected chi connectivity index (χ3v) is 7.04. The van der Waals surface area contributed by atoms with E-state index >= 15 is 0 Å². The number of hydrogen-bond donors (Lipinski definition) is 1. The number of allylic oxidation sites excluding steroid dienone is 2. The van der Waals surface area contributed by atoms with E-state index in [0.29, 0.717) is 23.7 Å². The van der Waals surface area contributed by atoms with Crippen molar-refractivity contribution in [2.75, 3.05) is 23.4 Å². The van der Waals surface area contributed by atoms with Gasteiger partial charge >= 0.3 is 5.97 Å². The number of nitrogens with one attached hydrogen (secondary N) is 1. The fraction of sp³-hybridized carbons (Fsp3) is 0.333. The topological polar surface area (TPSA) is 102 Å². The smallest absolute Gasteiger partial charge is 0.338 e. The van der Waals surface area contributed by atoms with E-state index in [1.165, 1.54) is 22.6 Å². The molecule has 2 aromatic rings. The van der Waals surface area contributed by atoms with Gasteiger partial charge in [-0.1, -0.05) is 23.8 Å². The number of hydrogen-bond acceptors (Lipinski definition) is 6. The van der Waals surface area contributed by atoms with E-state index in [1.54, 1.807) is 36.4 Å². The van der Waals surface area contributed by atoms with Crippen LogP contribution < -0.4 is 15.0 Å². The Morgan fingerprint density at radius 2 is 1.74 bits per heavy atom. The monoisotopic (exact) mass is 474 g/mol. The van der Waals surface area contributed by atoms with Gasteiger partial charge in [0.1, 0.15) is 5.75 Å². The molecule has 8 heteroatoms. The van der Waals surface area contributed by atoms with Crippen LogP contribution in [0.5, 0.6) is 5.75 Å². The Morgan fingerprint density at radius 3 is 2.49 bits per heavy atom. The zero-order valence-corrected chi connectivity index (χ0v) is 19.5. The van der Waals surface area contributed by atoms with Crippen molar-refractivity contribution in [1.82, 2.24) is 0 Å². The molecule has 5 rings (SSSR count). The van der Waals surface area contributed by atoms with E-state index < -0.39 is 18.5 Å². The largest absolute Gasteiger partial charge is 0.492 e. The number of carbonyl (C=O) groups excluding carboxylic acids is 4. The normalized spacial score (nSPS) is 24.3. The molecule has 0 radical (unpaired) electrons. The Balaban J connectivity index is 1.20. The molecule has 0 spiro atoms. The van der Waals surface area contributed by atoms with Crippen LogP contribution in [0.3, 0.4) is 0 Å². The number of amides is 3. The van der Waals surface area contributed by atoms with Gasteiger partial charge in [0, 0.05) is 0 Å². The second-order valence-electron chi connectivity index (χ2n) is 9.08. The average Bonchev–Trinajstić information content (AvgIpc) is 3.49. The van der Waals surface area contributed by atoms with Gasteiger partial charge in [-0.2, -0.15) is 0 Å². The summed E-state index contributed by atoms with van der Waals surface area (Å²) in [7, 11) is 0. The molecule has 2 fully saturated rings. The molecule has 2 aliphatic carbocycles. The molecule has 2 bridgehead atoms. The Kier molecular flexibility index (Phi) is 5.88. The van der Waals surface area contributed by atoms with E-state index in [9.17, 15) is 19.2 Å². The molecule has 3 amide bonds. The predicted molar refractivity (Wildman–Crippen MR) is 128 cm³/mol. The van der Waals surface area contributed by atoms with Gasteiger partial charge < -0.3 is 14.8 Å². The molecule has 2 aromatic carbocycles. The summed E-state index contributed by atoms with van der Waals surface area (Å²) in [5.74, 6) is -1.28. The lowest BCUT2D eigenvalue weighted by molar-refractivity contribution is -0.123. The maximum absolute atomic E-state index is 13.1. The van der Waals surface area contributed by atoms with Crippen LogP contribution in [0, 0.1) is 23.7 Å².